The summed E-state index contributed by atoms with van der Waals surface area (Å²) < 4.78 is 19.4. The van der Waals surface area contributed by atoms with Crippen molar-refractivity contribution in [3.05, 3.63) is 59.9 Å². The van der Waals surface area contributed by atoms with Crippen molar-refractivity contribution in [3.8, 4) is 5.75 Å². The topological polar surface area (TPSA) is 41.6 Å². The summed E-state index contributed by atoms with van der Waals surface area (Å²) in [6.45, 7) is 1.46. The molecule has 0 aliphatic heterocycles. The smallest absolute Gasteiger partial charge is 0.228 e. The van der Waals surface area contributed by atoms with Crippen molar-refractivity contribution >= 4 is 11.6 Å². The van der Waals surface area contributed by atoms with Crippen LogP contribution in [0.25, 0.3) is 0 Å². The zero-order chi connectivity index (χ0) is 17.8. The van der Waals surface area contributed by atoms with Crippen LogP contribution in [0.2, 0.25) is 0 Å². The van der Waals surface area contributed by atoms with Gasteiger partial charge < -0.3 is 15.0 Å². The fraction of sp³-hybridized carbons (Fsp3) is 0.350. The molecule has 2 atom stereocenters. The van der Waals surface area contributed by atoms with E-state index in [0.717, 1.165) is 18.0 Å². The highest BCUT2D eigenvalue weighted by Crippen LogP contribution is 2.48. The third-order valence-electron chi connectivity index (χ3n) is 4.36. The van der Waals surface area contributed by atoms with Gasteiger partial charge in [-0.3, -0.25) is 4.79 Å². The first-order valence-electron chi connectivity index (χ1n) is 8.47. The monoisotopic (exact) mass is 342 g/mol. The molecule has 1 saturated carbocycles. The zero-order valence-corrected chi connectivity index (χ0v) is 14.5. The van der Waals surface area contributed by atoms with Crippen molar-refractivity contribution in [1.29, 1.82) is 0 Å². The second kappa shape index (κ2) is 7.66. The maximum absolute atomic E-state index is 13.8. The van der Waals surface area contributed by atoms with Gasteiger partial charge in [0.15, 0.2) is 0 Å². The summed E-state index contributed by atoms with van der Waals surface area (Å²) in [5.74, 6) is 0.301. The number of hydrogen-bond acceptors (Lipinski definition) is 3. The number of ether oxygens (including phenoxy) is 1. The average molecular weight is 342 g/mol. The number of carbonyl (C=O) groups is 1. The van der Waals surface area contributed by atoms with E-state index in [0.29, 0.717) is 18.6 Å². The first-order chi connectivity index (χ1) is 12.0. The van der Waals surface area contributed by atoms with Crippen molar-refractivity contribution in [2.24, 2.45) is 5.92 Å². The fourth-order valence-electron chi connectivity index (χ4n) is 2.82. The molecule has 0 saturated heterocycles. The predicted octanol–water partition coefficient (Wildman–Crippen LogP) is 3.51. The molecule has 5 heteroatoms. The van der Waals surface area contributed by atoms with E-state index in [1.165, 1.54) is 6.07 Å². The van der Waals surface area contributed by atoms with Gasteiger partial charge in [0.1, 0.15) is 18.2 Å². The van der Waals surface area contributed by atoms with E-state index in [1.54, 1.807) is 18.2 Å². The molecule has 0 heterocycles. The number of benzene rings is 2. The van der Waals surface area contributed by atoms with Gasteiger partial charge in [-0.25, -0.2) is 4.39 Å². The molecule has 25 heavy (non-hydrogen) atoms. The highest BCUT2D eigenvalue weighted by molar-refractivity contribution is 5.95. The van der Waals surface area contributed by atoms with Crippen LogP contribution in [0.3, 0.4) is 0 Å². The quantitative estimate of drug-likeness (QED) is 0.837. The molecule has 1 aliphatic carbocycles. The van der Waals surface area contributed by atoms with Crippen LogP contribution in [0.5, 0.6) is 5.75 Å². The van der Waals surface area contributed by atoms with E-state index < -0.39 is 0 Å². The number of nitrogens with one attached hydrogen (secondary N) is 1. The van der Waals surface area contributed by atoms with Crippen molar-refractivity contribution < 1.29 is 13.9 Å². The van der Waals surface area contributed by atoms with E-state index >= 15 is 0 Å². The van der Waals surface area contributed by atoms with E-state index in [4.69, 9.17) is 4.74 Å². The highest BCUT2D eigenvalue weighted by Gasteiger charge is 2.45. The molecule has 4 nitrogen and oxygen atoms in total. The Balaban J connectivity index is 1.51. The Kier molecular flexibility index (Phi) is 5.34. The van der Waals surface area contributed by atoms with Crippen LogP contribution < -0.4 is 10.1 Å². The van der Waals surface area contributed by atoms with Gasteiger partial charge in [-0.1, -0.05) is 18.2 Å². The molecule has 3 rings (SSSR count). The summed E-state index contributed by atoms with van der Waals surface area (Å²) >= 11 is 0. The van der Waals surface area contributed by atoms with Gasteiger partial charge in [0, 0.05) is 18.2 Å². The van der Waals surface area contributed by atoms with Crippen LogP contribution in [0.1, 0.15) is 17.9 Å². The second-order valence-corrected chi connectivity index (χ2v) is 6.64. The SMILES string of the molecule is CN(C)CCOc1ccc(NC(=O)C2CC2c2ccccc2F)cc1. The van der Waals surface area contributed by atoms with E-state index in [1.807, 2.05) is 38.4 Å². The number of rotatable bonds is 7. The molecule has 0 aromatic heterocycles. The standard InChI is InChI=1S/C20H23FN2O2/c1-23(2)11-12-25-15-9-7-14(8-10-15)22-20(24)18-13-17(18)16-5-3-4-6-19(16)21/h3-10,17-18H,11-13H2,1-2H3,(H,22,24). The molecule has 0 radical (unpaired) electrons. The summed E-state index contributed by atoms with van der Waals surface area (Å²) in [6, 6.07) is 14.0. The van der Waals surface area contributed by atoms with Gasteiger partial charge in [-0.2, -0.15) is 0 Å². The third-order valence-corrected chi connectivity index (χ3v) is 4.36. The molecule has 0 bridgehead atoms. The molecule has 1 N–H and O–H groups in total. The Morgan fingerprint density at radius 1 is 1.20 bits per heavy atom. The molecule has 2 unspecified atom stereocenters. The van der Waals surface area contributed by atoms with Crippen molar-refractivity contribution in [2.75, 3.05) is 32.6 Å². The first-order valence-corrected chi connectivity index (χ1v) is 8.47. The van der Waals surface area contributed by atoms with Gasteiger partial charge in [-0.05, 0) is 62.3 Å². The molecule has 1 amide bonds. The van der Waals surface area contributed by atoms with Crippen molar-refractivity contribution in [2.45, 2.75) is 12.3 Å². The lowest BCUT2D eigenvalue weighted by atomic mass is 10.1. The largest absolute Gasteiger partial charge is 0.492 e. The molecular formula is C20H23FN2O2. The normalized spacial score (nSPS) is 18.9. The predicted molar refractivity (Wildman–Crippen MR) is 96.4 cm³/mol. The van der Waals surface area contributed by atoms with Crippen LogP contribution in [0, 0.1) is 11.7 Å². The number of carbonyl (C=O) groups excluding carboxylic acids is 1. The van der Waals surface area contributed by atoms with Crippen LogP contribution in [0.4, 0.5) is 10.1 Å². The molecular weight excluding hydrogens is 319 g/mol. The van der Waals surface area contributed by atoms with Crippen LogP contribution >= 0.6 is 0 Å². The molecule has 0 spiro atoms. The number of hydrogen-bond donors (Lipinski definition) is 1. The lowest BCUT2D eigenvalue weighted by Crippen LogP contribution is -2.19. The summed E-state index contributed by atoms with van der Waals surface area (Å²) in [5.41, 5.74) is 1.36. The molecule has 132 valence electrons. The summed E-state index contributed by atoms with van der Waals surface area (Å²) in [7, 11) is 3.99. The number of halogens is 1. The van der Waals surface area contributed by atoms with Crippen LogP contribution in [-0.4, -0.2) is 38.1 Å². The fourth-order valence-corrected chi connectivity index (χ4v) is 2.82. The minimum atomic E-state index is -0.234. The lowest BCUT2D eigenvalue weighted by Gasteiger charge is -2.11. The summed E-state index contributed by atoms with van der Waals surface area (Å²) in [6.07, 6.45) is 0.693. The minimum Gasteiger partial charge on any atom is -0.492 e. The lowest BCUT2D eigenvalue weighted by molar-refractivity contribution is -0.117. The zero-order valence-electron chi connectivity index (χ0n) is 14.5. The number of amides is 1. The van der Waals surface area contributed by atoms with Crippen LogP contribution in [-0.2, 0) is 4.79 Å². The van der Waals surface area contributed by atoms with Crippen molar-refractivity contribution in [1.82, 2.24) is 4.90 Å². The van der Waals surface area contributed by atoms with E-state index in [2.05, 4.69) is 10.2 Å². The first kappa shape index (κ1) is 17.4. The second-order valence-electron chi connectivity index (χ2n) is 6.64. The molecule has 2 aromatic carbocycles. The number of anilines is 1. The van der Waals surface area contributed by atoms with Gasteiger partial charge in [0.2, 0.25) is 5.91 Å². The molecule has 1 aliphatic rings. The Bertz CT molecular complexity index is 731. The Morgan fingerprint density at radius 2 is 1.92 bits per heavy atom. The number of likely N-dealkylation sites (N-methyl/N-ethyl adjacent to an activating group) is 1. The highest BCUT2D eigenvalue weighted by atomic mass is 19.1. The summed E-state index contributed by atoms with van der Waals surface area (Å²) in [5, 5.41) is 2.90. The van der Waals surface area contributed by atoms with Gasteiger partial charge in [-0.15, -0.1) is 0 Å². The Morgan fingerprint density at radius 3 is 2.60 bits per heavy atom. The third kappa shape index (κ3) is 4.57. The minimum absolute atomic E-state index is 0.0187. The average Bonchev–Trinajstić information content (AvgIpc) is 3.37. The van der Waals surface area contributed by atoms with E-state index in [9.17, 15) is 9.18 Å². The maximum Gasteiger partial charge on any atom is 0.228 e. The van der Waals surface area contributed by atoms with Crippen molar-refractivity contribution in [3.63, 3.8) is 0 Å². The molecule has 1 fully saturated rings. The van der Waals surface area contributed by atoms with Gasteiger partial charge in [0.25, 0.3) is 0 Å². The van der Waals surface area contributed by atoms with E-state index in [-0.39, 0.29) is 23.6 Å². The van der Waals surface area contributed by atoms with Crippen LogP contribution in [0.15, 0.2) is 48.5 Å². The Labute approximate surface area is 147 Å². The molecule has 2 aromatic rings. The maximum atomic E-state index is 13.8. The summed E-state index contributed by atoms with van der Waals surface area (Å²) in [4.78, 5) is 14.4. The van der Waals surface area contributed by atoms with Gasteiger partial charge >= 0.3 is 0 Å². The van der Waals surface area contributed by atoms with Gasteiger partial charge in [0.05, 0.1) is 0 Å². The number of nitrogens with zero attached hydrogens (tertiary/aromatic N) is 1. The Hall–Kier alpha value is -2.40.